The Morgan fingerprint density at radius 2 is 2.06 bits per heavy atom. The molecule has 0 saturated heterocycles. The number of ether oxygens (including phenoxy) is 1. The average molecular weight is 220 g/mol. The van der Waals surface area contributed by atoms with Crippen molar-refractivity contribution in [3.63, 3.8) is 0 Å². The highest BCUT2D eigenvalue weighted by Gasteiger charge is 2.45. The Balaban J connectivity index is 1.91. The van der Waals surface area contributed by atoms with Crippen molar-refractivity contribution < 1.29 is 9.53 Å². The zero-order valence-corrected chi connectivity index (χ0v) is 10.00. The van der Waals surface area contributed by atoms with E-state index in [-0.39, 0.29) is 5.97 Å². The Bertz CT molecular complexity index is 343. The highest BCUT2D eigenvalue weighted by atomic mass is 16.5. The summed E-state index contributed by atoms with van der Waals surface area (Å²) in [6.45, 7) is 1.54. The number of carbonyl (C=O) groups is 1. The zero-order chi connectivity index (χ0) is 11.1. The first kappa shape index (κ1) is 10.4. The maximum Gasteiger partial charge on any atom is 0.307 e. The van der Waals surface area contributed by atoms with E-state index >= 15 is 0 Å². The molecule has 2 nitrogen and oxygen atoms in total. The van der Waals surface area contributed by atoms with Crippen molar-refractivity contribution in [2.45, 2.75) is 51.9 Å². The highest BCUT2D eigenvalue weighted by Crippen LogP contribution is 2.53. The molecule has 2 heteroatoms. The summed E-state index contributed by atoms with van der Waals surface area (Å²) in [7, 11) is 0. The van der Waals surface area contributed by atoms with Gasteiger partial charge in [0, 0.05) is 12.8 Å². The molecular weight excluding hydrogens is 200 g/mol. The lowest BCUT2D eigenvalue weighted by Crippen LogP contribution is -2.11. The van der Waals surface area contributed by atoms with Crippen molar-refractivity contribution in [1.82, 2.24) is 0 Å². The number of carbonyl (C=O) groups excluding carboxylic acids is 1. The second-order valence-corrected chi connectivity index (χ2v) is 5.61. The van der Waals surface area contributed by atoms with Crippen molar-refractivity contribution >= 4 is 5.97 Å². The molecule has 3 rings (SSSR count). The molecule has 0 aromatic heterocycles. The van der Waals surface area contributed by atoms with Crippen LogP contribution in [-0.4, -0.2) is 5.97 Å². The van der Waals surface area contributed by atoms with Crippen molar-refractivity contribution in [3.8, 4) is 0 Å². The second kappa shape index (κ2) is 3.90. The molecule has 3 atom stereocenters. The molecule has 3 aliphatic carbocycles. The van der Waals surface area contributed by atoms with E-state index in [0.29, 0.717) is 5.92 Å². The van der Waals surface area contributed by atoms with E-state index in [2.05, 4.69) is 0 Å². The number of allylic oxidation sites excluding steroid dienone is 2. The summed E-state index contributed by atoms with van der Waals surface area (Å²) in [5.41, 5.74) is 1.50. The van der Waals surface area contributed by atoms with Gasteiger partial charge in [0.15, 0.2) is 0 Å². The summed E-state index contributed by atoms with van der Waals surface area (Å²) in [5, 5.41) is 0. The predicted molar refractivity (Wildman–Crippen MR) is 61.6 cm³/mol. The molecule has 0 bridgehead atoms. The lowest BCUT2D eigenvalue weighted by atomic mass is 9.90. The van der Waals surface area contributed by atoms with Crippen LogP contribution in [0.2, 0.25) is 0 Å². The molecule has 0 heterocycles. The number of esters is 1. The SMILES string of the molecule is CC(=O)O/C1=C2\CCC[C@@H]2CCC[C@@H]2C[C@H]12. The van der Waals surface area contributed by atoms with E-state index in [1.807, 2.05) is 0 Å². The van der Waals surface area contributed by atoms with Crippen LogP contribution in [0.1, 0.15) is 51.9 Å². The van der Waals surface area contributed by atoms with E-state index in [4.69, 9.17) is 4.74 Å². The van der Waals surface area contributed by atoms with Gasteiger partial charge in [-0.25, -0.2) is 0 Å². The molecule has 0 N–H and O–H groups in total. The van der Waals surface area contributed by atoms with Crippen molar-refractivity contribution in [1.29, 1.82) is 0 Å². The lowest BCUT2D eigenvalue weighted by molar-refractivity contribution is -0.137. The van der Waals surface area contributed by atoms with E-state index in [9.17, 15) is 4.79 Å². The van der Waals surface area contributed by atoms with Crippen LogP contribution in [-0.2, 0) is 9.53 Å². The van der Waals surface area contributed by atoms with Gasteiger partial charge in [0.1, 0.15) is 5.76 Å². The Morgan fingerprint density at radius 1 is 1.25 bits per heavy atom. The van der Waals surface area contributed by atoms with E-state index in [1.54, 1.807) is 0 Å². The standard InChI is InChI=1S/C14H20O2/c1-9(15)16-14-12-7-3-5-10(12)4-2-6-11-8-13(11)14/h10-11,13H,2-8H2,1H3/b14-12+/t10-,11+,13-/m0/s1. The molecule has 0 amide bonds. The topological polar surface area (TPSA) is 26.3 Å². The van der Waals surface area contributed by atoms with Gasteiger partial charge in [-0.05, 0) is 55.9 Å². The first-order valence-corrected chi connectivity index (χ1v) is 6.67. The van der Waals surface area contributed by atoms with Gasteiger partial charge < -0.3 is 4.74 Å². The number of hydrogen-bond donors (Lipinski definition) is 0. The number of hydrogen-bond acceptors (Lipinski definition) is 2. The van der Waals surface area contributed by atoms with Gasteiger partial charge >= 0.3 is 5.97 Å². The van der Waals surface area contributed by atoms with E-state index in [1.165, 1.54) is 57.4 Å². The number of fused-ring (bicyclic) bond motifs is 2. The average Bonchev–Trinajstić information content (AvgIpc) is 2.81. The third-order valence-electron chi connectivity index (χ3n) is 4.45. The molecule has 88 valence electrons. The first-order valence-electron chi connectivity index (χ1n) is 6.67. The molecule has 16 heavy (non-hydrogen) atoms. The molecule has 0 unspecified atom stereocenters. The monoisotopic (exact) mass is 220 g/mol. The Kier molecular flexibility index (Phi) is 2.53. The molecule has 0 aromatic rings. The minimum absolute atomic E-state index is 0.126. The fourth-order valence-electron chi connectivity index (χ4n) is 3.61. The summed E-state index contributed by atoms with van der Waals surface area (Å²) in [6.07, 6.45) is 9.10. The Morgan fingerprint density at radius 3 is 2.88 bits per heavy atom. The first-order chi connectivity index (χ1) is 7.75. The third-order valence-corrected chi connectivity index (χ3v) is 4.45. The van der Waals surface area contributed by atoms with Gasteiger partial charge in [-0.2, -0.15) is 0 Å². The molecule has 3 aliphatic rings. The Labute approximate surface area is 97.1 Å². The molecule has 2 fully saturated rings. The normalized spacial score (nSPS) is 41.7. The van der Waals surface area contributed by atoms with Crippen LogP contribution in [0.15, 0.2) is 11.3 Å². The summed E-state index contributed by atoms with van der Waals surface area (Å²) in [5.74, 6) is 3.12. The maximum absolute atomic E-state index is 11.2. The van der Waals surface area contributed by atoms with Crippen LogP contribution < -0.4 is 0 Å². The molecule has 0 spiro atoms. The summed E-state index contributed by atoms with van der Waals surface area (Å²) in [4.78, 5) is 11.2. The fourth-order valence-corrected chi connectivity index (χ4v) is 3.61. The summed E-state index contributed by atoms with van der Waals surface area (Å²) >= 11 is 0. The highest BCUT2D eigenvalue weighted by molar-refractivity contribution is 5.67. The minimum atomic E-state index is -0.126. The van der Waals surface area contributed by atoms with Crippen LogP contribution in [0.25, 0.3) is 0 Å². The largest absolute Gasteiger partial charge is 0.431 e. The van der Waals surface area contributed by atoms with Crippen molar-refractivity contribution in [2.75, 3.05) is 0 Å². The van der Waals surface area contributed by atoms with Gasteiger partial charge in [0.2, 0.25) is 0 Å². The van der Waals surface area contributed by atoms with Gasteiger partial charge in [0.25, 0.3) is 0 Å². The lowest BCUT2D eigenvalue weighted by Gasteiger charge is -2.19. The third kappa shape index (κ3) is 1.79. The molecule has 0 radical (unpaired) electrons. The Hall–Kier alpha value is -0.790. The predicted octanol–water partition coefficient (Wildman–Crippen LogP) is 3.42. The van der Waals surface area contributed by atoms with Gasteiger partial charge in [-0.3, -0.25) is 4.79 Å². The second-order valence-electron chi connectivity index (χ2n) is 5.61. The fraction of sp³-hybridized carbons (Fsp3) is 0.786. The minimum Gasteiger partial charge on any atom is -0.431 e. The van der Waals surface area contributed by atoms with Crippen molar-refractivity contribution in [2.24, 2.45) is 17.8 Å². The number of rotatable bonds is 1. The van der Waals surface area contributed by atoms with E-state index < -0.39 is 0 Å². The molecule has 0 aromatic carbocycles. The molecular formula is C14H20O2. The smallest absolute Gasteiger partial charge is 0.307 e. The summed E-state index contributed by atoms with van der Waals surface area (Å²) < 4.78 is 5.54. The van der Waals surface area contributed by atoms with Gasteiger partial charge in [0.05, 0.1) is 0 Å². The van der Waals surface area contributed by atoms with Crippen LogP contribution in [0.5, 0.6) is 0 Å². The van der Waals surface area contributed by atoms with Gasteiger partial charge in [-0.15, -0.1) is 0 Å². The van der Waals surface area contributed by atoms with Crippen LogP contribution in [0, 0.1) is 17.8 Å². The van der Waals surface area contributed by atoms with Gasteiger partial charge in [-0.1, -0.05) is 6.42 Å². The van der Waals surface area contributed by atoms with Crippen LogP contribution in [0.3, 0.4) is 0 Å². The maximum atomic E-state index is 11.2. The van der Waals surface area contributed by atoms with Crippen molar-refractivity contribution in [3.05, 3.63) is 11.3 Å². The zero-order valence-electron chi connectivity index (χ0n) is 10.00. The quantitative estimate of drug-likeness (QED) is 0.633. The van der Waals surface area contributed by atoms with Crippen LogP contribution in [0.4, 0.5) is 0 Å². The molecule has 2 saturated carbocycles. The summed E-state index contributed by atoms with van der Waals surface area (Å²) in [6, 6.07) is 0. The van der Waals surface area contributed by atoms with E-state index in [0.717, 1.165) is 17.6 Å². The molecule has 0 aliphatic heterocycles. The van der Waals surface area contributed by atoms with Crippen LogP contribution >= 0.6 is 0 Å².